The molecular formula is C22H19F2N3O2. The van der Waals surface area contributed by atoms with Crippen molar-refractivity contribution in [2.24, 2.45) is 5.73 Å². The summed E-state index contributed by atoms with van der Waals surface area (Å²) in [6, 6.07) is 10.4. The van der Waals surface area contributed by atoms with Crippen molar-refractivity contribution in [2.75, 3.05) is 7.11 Å². The van der Waals surface area contributed by atoms with Gasteiger partial charge >= 0.3 is 0 Å². The fourth-order valence-electron chi connectivity index (χ4n) is 3.60. The van der Waals surface area contributed by atoms with E-state index in [1.54, 1.807) is 24.3 Å². The summed E-state index contributed by atoms with van der Waals surface area (Å²) in [5.74, 6) is -2.29. The number of aryl methyl sites for hydroxylation is 1. The number of carbonyl (C=O) groups excluding carboxylic acids is 1. The zero-order chi connectivity index (χ0) is 20.8. The van der Waals surface area contributed by atoms with Crippen molar-refractivity contribution in [3.63, 3.8) is 0 Å². The topological polar surface area (TPSA) is 69.6 Å². The maximum absolute atomic E-state index is 15.9. The highest BCUT2D eigenvalue weighted by Gasteiger charge is 2.44. The van der Waals surface area contributed by atoms with Crippen LogP contribution in [0.4, 0.5) is 8.78 Å². The number of nitrogens with two attached hydrogens (primary N) is 1. The summed E-state index contributed by atoms with van der Waals surface area (Å²) in [4.78, 5) is 16.1. The van der Waals surface area contributed by atoms with Gasteiger partial charge in [0.1, 0.15) is 5.65 Å². The number of halogens is 2. The minimum Gasteiger partial charge on any atom is -0.494 e. The summed E-state index contributed by atoms with van der Waals surface area (Å²) in [6.07, 6.45) is 4.38. The molecule has 5 nitrogen and oxygen atoms in total. The molecule has 1 amide bonds. The van der Waals surface area contributed by atoms with Crippen molar-refractivity contribution in [2.45, 2.75) is 19.0 Å². The normalized spacial score (nSPS) is 19.4. The molecule has 2 heterocycles. The van der Waals surface area contributed by atoms with Crippen molar-refractivity contribution in [3.8, 4) is 11.3 Å². The Morgan fingerprint density at radius 1 is 1.21 bits per heavy atom. The van der Waals surface area contributed by atoms with Gasteiger partial charge in [-0.2, -0.15) is 0 Å². The molecule has 148 valence electrons. The number of imidazole rings is 1. The van der Waals surface area contributed by atoms with Crippen molar-refractivity contribution >= 4 is 11.6 Å². The fraction of sp³-hybridized carbons (Fsp3) is 0.182. The number of aromatic nitrogens is 2. The van der Waals surface area contributed by atoms with Gasteiger partial charge in [0, 0.05) is 30.0 Å². The molecule has 2 N–H and O–H groups in total. The second kappa shape index (κ2) is 6.84. The second-order valence-electron chi connectivity index (χ2n) is 7.07. The number of amides is 1. The van der Waals surface area contributed by atoms with Crippen LogP contribution in [0, 0.1) is 6.92 Å². The quantitative estimate of drug-likeness (QED) is 0.723. The summed E-state index contributed by atoms with van der Waals surface area (Å²) >= 11 is 0. The molecule has 7 heteroatoms. The lowest BCUT2D eigenvalue weighted by Gasteiger charge is -2.31. The average molecular weight is 395 g/mol. The Morgan fingerprint density at radius 3 is 2.59 bits per heavy atom. The molecule has 0 spiro atoms. The highest BCUT2D eigenvalue weighted by Crippen LogP contribution is 2.45. The molecule has 1 unspecified atom stereocenters. The van der Waals surface area contributed by atoms with E-state index >= 15 is 4.39 Å². The van der Waals surface area contributed by atoms with Gasteiger partial charge in [-0.05, 0) is 30.2 Å². The molecule has 0 bridgehead atoms. The molecule has 1 aromatic carbocycles. The van der Waals surface area contributed by atoms with E-state index in [1.807, 2.05) is 35.9 Å². The molecule has 1 aliphatic carbocycles. The van der Waals surface area contributed by atoms with Gasteiger partial charge in [-0.25, -0.2) is 13.8 Å². The molecule has 0 radical (unpaired) electrons. The first-order valence-corrected chi connectivity index (χ1v) is 9.01. The molecule has 0 saturated carbocycles. The van der Waals surface area contributed by atoms with Crippen LogP contribution in [0.5, 0.6) is 0 Å². The fourth-order valence-corrected chi connectivity index (χ4v) is 3.60. The number of alkyl halides is 1. The first-order chi connectivity index (χ1) is 13.8. The second-order valence-corrected chi connectivity index (χ2v) is 7.07. The number of pyridine rings is 1. The molecule has 3 aromatic rings. The molecule has 0 aliphatic heterocycles. The van der Waals surface area contributed by atoms with Crippen LogP contribution in [0.25, 0.3) is 16.9 Å². The number of hydrogen-bond acceptors (Lipinski definition) is 3. The lowest BCUT2D eigenvalue weighted by Crippen LogP contribution is -2.31. The smallest absolute Gasteiger partial charge is 0.244 e. The van der Waals surface area contributed by atoms with Gasteiger partial charge in [0.25, 0.3) is 0 Å². The average Bonchev–Trinajstić information content (AvgIpc) is 3.11. The lowest BCUT2D eigenvalue weighted by molar-refractivity contribution is -0.115. The van der Waals surface area contributed by atoms with Gasteiger partial charge in [0.2, 0.25) is 5.91 Å². The summed E-state index contributed by atoms with van der Waals surface area (Å²) in [5.41, 5.74) is 6.36. The van der Waals surface area contributed by atoms with E-state index in [2.05, 4.69) is 4.98 Å². The molecule has 4 rings (SSSR count). The molecule has 29 heavy (non-hydrogen) atoms. The Labute approximate surface area is 166 Å². The van der Waals surface area contributed by atoms with Crippen molar-refractivity contribution in [1.82, 2.24) is 9.38 Å². The number of hydrogen-bond donors (Lipinski definition) is 1. The van der Waals surface area contributed by atoms with Gasteiger partial charge in [0.05, 0.1) is 12.8 Å². The Morgan fingerprint density at radius 2 is 1.93 bits per heavy atom. The van der Waals surface area contributed by atoms with Gasteiger partial charge in [0.15, 0.2) is 17.3 Å². The van der Waals surface area contributed by atoms with Crippen LogP contribution in [-0.2, 0) is 15.2 Å². The third kappa shape index (κ3) is 3.18. The van der Waals surface area contributed by atoms with Gasteiger partial charge in [-0.15, -0.1) is 0 Å². The van der Waals surface area contributed by atoms with E-state index < -0.39 is 29.6 Å². The maximum Gasteiger partial charge on any atom is 0.244 e. The highest BCUT2D eigenvalue weighted by atomic mass is 19.1. The number of rotatable bonds is 4. The van der Waals surface area contributed by atoms with Crippen molar-refractivity contribution < 1.29 is 18.3 Å². The first kappa shape index (κ1) is 18.9. The monoisotopic (exact) mass is 395 g/mol. The Bertz CT molecular complexity index is 1180. The number of methoxy groups -OCH3 is 1. The van der Waals surface area contributed by atoms with Crippen molar-refractivity contribution in [3.05, 3.63) is 83.2 Å². The summed E-state index contributed by atoms with van der Waals surface area (Å²) < 4.78 is 37.1. The minimum atomic E-state index is -2.33. The van der Waals surface area contributed by atoms with E-state index in [-0.39, 0.29) is 11.1 Å². The zero-order valence-electron chi connectivity index (χ0n) is 15.9. The van der Waals surface area contributed by atoms with Crippen LogP contribution in [0.15, 0.2) is 72.0 Å². The molecule has 2 aromatic heterocycles. The predicted molar refractivity (Wildman–Crippen MR) is 105 cm³/mol. The summed E-state index contributed by atoms with van der Waals surface area (Å²) in [6.45, 7) is 1.99. The van der Waals surface area contributed by atoms with Crippen LogP contribution in [0.2, 0.25) is 0 Å². The molecule has 1 aliphatic rings. The number of benzene rings is 1. The Hall–Kier alpha value is -3.48. The third-order valence-corrected chi connectivity index (χ3v) is 5.07. The molecular weight excluding hydrogens is 376 g/mol. The zero-order valence-corrected chi connectivity index (χ0v) is 15.9. The standard InChI is InChI=1S/C22H19F2N3O2/c1-13-3-8-19-26-18(12-27(19)11-13)14-4-6-16(7-5-14)22(24)10-15(21(25)28)9-17(23)20(22)29-2/h3-9,11-12H,10H2,1-2H3,(H2,25,28). The Kier molecular flexibility index (Phi) is 4.45. The maximum atomic E-state index is 15.9. The van der Waals surface area contributed by atoms with Gasteiger partial charge in [-0.3, -0.25) is 4.79 Å². The predicted octanol–water partition coefficient (Wildman–Crippen LogP) is 4.12. The SMILES string of the molecule is COC1=C(F)C=C(C(N)=O)CC1(F)c1ccc(-c2cn3cc(C)ccc3n2)cc1. The molecule has 0 saturated heterocycles. The van der Waals surface area contributed by atoms with Crippen molar-refractivity contribution in [1.29, 1.82) is 0 Å². The number of carbonyl (C=O) groups is 1. The van der Waals surface area contributed by atoms with E-state index in [0.717, 1.165) is 28.5 Å². The number of nitrogens with zero attached hydrogens (tertiary/aromatic N) is 2. The largest absolute Gasteiger partial charge is 0.494 e. The lowest BCUT2D eigenvalue weighted by atomic mass is 9.82. The third-order valence-electron chi connectivity index (χ3n) is 5.07. The van der Waals surface area contributed by atoms with E-state index in [1.165, 1.54) is 7.11 Å². The van der Waals surface area contributed by atoms with Crippen LogP contribution in [-0.4, -0.2) is 22.4 Å². The van der Waals surface area contributed by atoms with E-state index in [4.69, 9.17) is 10.5 Å². The number of primary amides is 1. The van der Waals surface area contributed by atoms with Crippen LogP contribution < -0.4 is 5.73 Å². The first-order valence-electron chi connectivity index (χ1n) is 9.01. The summed E-state index contributed by atoms with van der Waals surface area (Å²) in [5, 5.41) is 0. The van der Waals surface area contributed by atoms with Gasteiger partial charge < -0.3 is 14.9 Å². The van der Waals surface area contributed by atoms with Gasteiger partial charge in [-0.1, -0.05) is 30.3 Å². The van der Waals surface area contributed by atoms with Crippen LogP contribution in [0.1, 0.15) is 17.5 Å². The minimum absolute atomic E-state index is 0.134. The Balaban J connectivity index is 1.72. The molecule has 1 atom stereocenters. The van der Waals surface area contributed by atoms with Crippen LogP contribution >= 0.6 is 0 Å². The van der Waals surface area contributed by atoms with E-state index in [9.17, 15) is 9.18 Å². The number of allylic oxidation sites excluding steroid dienone is 3. The van der Waals surface area contributed by atoms with Crippen LogP contribution in [0.3, 0.4) is 0 Å². The highest BCUT2D eigenvalue weighted by molar-refractivity contribution is 5.93. The molecule has 0 fully saturated rings. The summed E-state index contributed by atoms with van der Waals surface area (Å²) in [7, 11) is 1.19. The van der Waals surface area contributed by atoms with E-state index in [0.29, 0.717) is 0 Å². The number of ether oxygens (including phenoxy) is 1. The number of fused-ring (bicyclic) bond motifs is 1.